The van der Waals surface area contributed by atoms with E-state index in [1.807, 2.05) is 12.1 Å². The number of rotatable bonds is 3. The molecule has 1 aliphatic carbocycles. The third-order valence-corrected chi connectivity index (χ3v) is 4.12. The fourth-order valence-electron chi connectivity index (χ4n) is 2.75. The molecule has 1 amide bonds. The van der Waals surface area contributed by atoms with Crippen LogP contribution in [0.5, 0.6) is 0 Å². The van der Waals surface area contributed by atoms with Gasteiger partial charge in [-0.25, -0.2) is 0 Å². The Morgan fingerprint density at radius 3 is 3.11 bits per heavy atom. The van der Waals surface area contributed by atoms with Gasteiger partial charge in [-0.2, -0.15) is 0 Å². The first-order valence-corrected chi connectivity index (χ1v) is 6.91. The molecular weight excluding hydrogens is 224 g/mol. The van der Waals surface area contributed by atoms with Crippen LogP contribution in [0, 0.1) is 5.92 Å². The second-order valence-corrected chi connectivity index (χ2v) is 5.39. The van der Waals surface area contributed by atoms with Crippen LogP contribution in [-0.4, -0.2) is 18.5 Å². The van der Waals surface area contributed by atoms with E-state index in [1.54, 1.807) is 0 Å². The highest BCUT2D eigenvalue weighted by molar-refractivity contribution is 5.94. The zero-order valence-electron chi connectivity index (χ0n) is 10.8. The SMILES string of the molecule is CCC1CC1NC(=O)c1ccc2c(c1)CNCC2. The summed E-state index contributed by atoms with van der Waals surface area (Å²) in [7, 11) is 0. The van der Waals surface area contributed by atoms with Gasteiger partial charge in [0.2, 0.25) is 0 Å². The van der Waals surface area contributed by atoms with Crippen molar-refractivity contribution in [2.45, 2.75) is 38.8 Å². The highest BCUT2D eigenvalue weighted by Gasteiger charge is 2.36. The van der Waals surface area contributed by atoms with Crippen molar-refractivity contribution in [1.29, 1.82) is 0 Å². The van der Waals surface area contributed by atoms with E-state index in [1.165, 1.54) is 17.5 Å². The van der Waals surface area contributed by atoms with Crippen LogP contribution in [-0.2, 0) is 13.0 Å². The molecule has 3 heteroatoms. The van der Waals surface area contributed by atoms with Gasteiger partial charge in [0.15, 0.2) is 0 Å². The number of amides is 1. The van der Waals surface area contributed by atoms with E-state index in [0.29, 0.717) is 12.0 Å². The number of carbonyl (C=O) groups is 1. The molecule has 1 aliphatic heterocycles. The molecule has 0 saturated heterocycles. The molecule has 0 bridgehead atoms. The van der Waals surface area contributed by atoms with Crippen LogP contribution in [0.15, 0.2) is 18.2 Å². The standard InChI is InChI=1S/C15H20N2O/c1-2-10-8-14(10)17-15(18)12-4-3-11-5-6-16-9-13(11)7-12/h3-4,7,10,14,16H,2,5-6,8-9H2,1H3,(H,17,18). The second kappa shape index (κ2) is 4.73. The highest BCUT2D eigenvalue weighted by Crippen LogP contribution is 2.33. The van der Waals surface area contributed by atoms with Crippen molar-refractivity contribution < 1.29 is 4.79 Å². The highest BCUT2D eigenvalue weighted by atomic mass is 16.1. The molecule has 1 fully saturated rings. The third-order valence-electron chi connectivity index (χ3n) is 4.12. The summed E-state index contributed by atoms with van der Waals surface area (Å²) < 4.78 is 0. The minimum Gasteiger partial charge on any atom is -0.349 e. The summed E-state index contributed by atoms with van der Waals surface area (Å²) in [6.07, 6.45) is 3.38. The molecule has 1 aromatic carbocycles. The van der Waals surface area contributed by atoms with Gasteiger partial charge >= 0.3 is 0 Å². The van der Waals surface area contributed by atoms with Gasteiger partial charge in [-0.05, 0) is 48.6 Å². The summed E-state index contributed by atoms with van der Waals surface area (Å²) >= 11 is 0. The zero-order chi connectivity index (χ0) is 12.5. The minimum absolute atomic E-state index is 0.0873. The molecule has 1 aromatic rings. The largest absolute Gasteiger partial charge is 0.349 e. The van der Waals surface area contributed by atoms with Crippen molar-refractivity contribution in [3.05, 3.63) is 34.9 Å². The molecule has 3 nitrogen and oxygen atoms in total. The van der Waals surface area contributed by atoms with E-state index >= 15 is 0 Å². The van der Waals surface area contributed by atoms with Gasteiger partial charge in [-0.1, -0.05) is 19.4 Å². The Bertz CT molecular complexity index is 470. The number of hydrogen-bond donors (Lipinski definition) is 2. The van der Waals surface area contributed by atoms with Crippen molar-refractivity contribution in [1.82, 2.24) is 10.6 Å². The monoisotopic (exact) mass is 244 g/mol. The fraction of sp³-hybridized carbons (Fsp3) is 0.533. The quantitative estimate of drug-likeness (QED) is 0.852. The predicted molar refractivity (Wildman–Crippen MR) is 71.5 cm³/mol. The van der Waals surface area contributed by atoms with Crippen LogP contribution in [0.2, 0.25) is 0 Å². The van der Waals surface area contributed by atoms with Crippen LogP contribution in [0.4, 0.5) is 0 Å². The maximum absolute atomic E-state index is 12.1. The molecule has 96 valence electrons. The summed E-state index contributed by atoms with van der Waals surface area (Å²) in [6, 6.07) is 6.52. The first-order valence-electron chi connectivity index (χ1n) is 6.91. The van der Waals surface area contributed by atoms with E-state index in [4.69, 9.17) is 0 Å². The summed E-state index contributed by atoms with van der Waals surface area (Å²) in [5, 5.41) is 6.46. The Morgan fingerprint density at radius 2 is 2.33 bits per heavy atom. The summed E-state index contributed by atoms with van der Waals surface area (Å²) in [4.78, 5) is 12.1. The molecule has 1 heterocycles. The molecule has 0 aromatic heterocycles. The summed E-state index contributed by atoms with van der Waals surface area (Å²) in [5.74, 6) is 0.789. The van der Waals surface area contributed by atoms with E-state index in [9.17, 15) is 4.79 Å². The second-order valence-electron chi connectivity index (χ2n) is 5.39. The third kappa shape index (κ3) is 2.27. The first kappa shape index (κ1) is 11.7. The molecule has 2 aliphatic rings. The molecular formula is C15H20N2O. The maximum atomic E-state index is 12.1. The molecule has 2 N–H and O–H groups in total. The van der Waals surface area contributed by atoms with Crippen molar-refractivity contribution in [2.24, 2.45) is 5.92 Å². The lowest BCUT2D eigenvalue weighted by molar-refractivity contribution is 0.0949. The number of carbonyl (C=O) groups excluding carboxylic acids is 1. The average Bonchev–Trinajstić information content (AvgIpc) is 3.16. The van der Waals surface area contributed by atoms with Crippen molar-refractivity contribution >= 4 is 5.91 Å². The molecule has 2 atom stereocenters. The molecule has 1 saturated carbocycles. The Morgan fingerprint density at radius 1 is 1.44 bits per heavy atom. The molecule has 2 unspecified atom stereocenters. The van der Waals surface area contributed by atoms with Crippen molar-refractivity contribution in [3.63, 3.8) is 0 Å². The molecule has 0 radical (unpaired) electrons. The van der Waals surface area contributed by atoms with Crippen LogP contribution >= 0.6 is 0 Å². The average molecular weight is 244 g/mol. The van der Waals surface area contributed by atoms with Crippen LogP contribution in [0.3, 0.4) is 0 Å². The lowest BCUT2D eigenvalue weighted by atomic mass is 9.98. The minimum atomic E-state index is 0.0873. The van der Waals surface area contributed by atoms with Gasteiger partial charge < -0.3 is 10.6 Å². The lowest BCUT2D eigenvalue weighted by Gasteiger charge is -2.17. The number of hydrogen-bond acceptors (Lipinski definition) is 2. The fourth-order valence-corrected chi connectivity index (χ4v) is 2.75. The van der Waals surface area contributed by atoms with Gasteiger partial charge in [0.05, 0.1) is 0 Å². The Hall–Kier alpha value is -1.35. The predicted octanol–water partition coefficient (Wildman–Crippen LogP) is 1.86. The molecule has 3 rings (SSSR count). The van der Waals surface area contributed by atoms with Crippen molar-refractivity contribution in [3.8, 4) is 0 Å². The van der Waals surface area contributed by atoms with Crippen LogP contribution in [0.1, 0.15) is 41.3 Å². The van der Waals surface area contributed by atoms with Gasteiger partial charge in [0, 0.05) is 18.2 Å². The van der Waals surface area contributed by atoms with Crippen LogP contribution < -0.4 is 10.6 Å². The van der Waals surface area contributed by atoms with E-state index in [-0.39, 0.29) is 5.91 Å². The lowest BCUT2D eigenvalue weighted by Crippen LogP contribution is -2.28. The molecule has 18 heavy (non-hydrogen) atoms. The molecule has 0 spiro atoms. The Kier molecular flexibility index (Phi) is 3.08. The summed E-state index contributed by atoms with van der Waals surface area (Å²) in [6.45, 7) is 4.11. The Labute approximate surface area is 108 Å². The van der Waals surface area contributed by atoms with E-state index in [2.05, 4.69) is 23.6 Å². The normalized spacial score (nSPS) is 25.4. The smallest absolute Gasteiger partial charge is 0.251 e. The van der Waals surface area contributed by atoms with Gasteiger partial charge in [-0.3, -0.25) is 4.79 Å². The Balaban J connectivity index is 1.70. The van der Waals surface area contributed by atoms with Gasteiger partial charge in [0.1, 0.15) is 0 Å². The summed E-state index contributed by atoms with van der Waals surface area (Å²) in [5.41, 5.74) is 3.46. The van der Waals surface area contributed by atoms with E-state index in [0.717, 1.165) is 31.5 Å². The van der Waals surface area contributed by atoms with Gasteiger partial charge in [0.25, 0.3) is 5.91 Å². The van der Waals surface area contributed by atoms with E-state index < -0.39 is 0 Å². The van der Waals surface area contributed by atoms with Crippen LogP contribution in [0.25, 0.3) is 0 Å². The van der Waals surface area contributed by atoms with Crippen molar-refractivity contribution in [2.75, 3.05) is 6.54 Å². The van der Waals surface area contributed by atoms with Gasteiger partial charge in [-0.15, -0.1) is 0 Å². The topological polar surface area (TPSA) is 41.1 Å². The number of nitrogens with one attached hydrogen (secondary N) is 2. The zero-order valence-corrected chi connectivity index (χ0v) is 10.8. The first-order chi connectivity index (χ1) is 8.78. The maximum Gasteiger partial charge on any atom is 0.251 e. The number of fused-ring (bicyclic) bond motifs is 1. The number of benzene rings is 1.